The minimum Gasteiger partial charge on any atom is -0.192 e. The third kappa shape index (κ3) is 3.44. The average Bonchev–Trinajstić information content (AvgIpc) is 2.62. The molecule has 1 nitrogen and oxygen atoms in total. The van der Waals surface area contributed by atoms with E-state index >= 15 is 0 Å². The fourth-order valence-electron chi connectivity index (χ4n) is 3.84. The van der Waals surface area contributed by atoms with Crippen molar-refractivity contribution in [1.82, 2.24) is 0 Å². The quantitative estimate of drug-likeness (QED) is 0.692. The van der Waals surface area contributed by atoms with Crippen molar-refractivity contribution in [2.24, 2.45) is 5.92 Å². The molecule has 122 valence electrons. The Hall–Kier alpha value is -2.33. The molecule has 3 rings (SSSR count). The van der Waals surface area contributed by atoms with Crippen molar-refractivity contribution in [3.05, 3.63) is 76.9 Å². The zero-order chi connectivity index (χ0) is 16.9. The number of fused-ring (bicyclic) bond motifs is 1. The van der Waals surface area contributed by atoms with Crippen LogP contribution in [0.15, 0.2) is 49.0 Å². The minimum absolute atomic E-state index is 0.663. The summed E-state index contributed by atoms with van der Waals surface area (Å²) in [4.78, 5) is 0. The summed E-state index contributed by atoms with van der Waals surface area (Å²) >= 11 is 0. The Morgan fingerprint density at radius 1 is 1.17 bits per heavy atom. The zero-order valence-corrected chi connectivity index (χ0v) is 14.5. The number of allylic oxidation sites excluding steroid dienone is 1. The van der Waals surface area contributed by atoms with Gasteiger partial charge in [-0.3, -0.25) is 0 Å². The highest BCUT2D eigenvalue weighted by molar-refractivity contribution is 5.70. The van der Waals surface area contributed by atoms with Crippen LogP contribution in [0.2, 0.25) is 0 Å². The molecule has 0 bridgehead atoms. The van der Waals surface area contributed by atoms with E-state index in [0.29, 0.717) is 5.92 Å². The van der Waals surface area contributed by atoms with Gasteiger partial charge in [0.25, 0.3) is 0 Å². The summed E-state index contributed by atoms with van der Waals surface area (Å²) in [5.74, 6) is 0.663. The van der Waals surface area contributed by atoms with Crippen LogP contribution in [0, 0.1) is 17.2 Å². The Kier molecular flexibility index (Phi) is 5.16. The van der Waals surface area contributed by atoms with Gasteiger partial charge in [-0.15, -0.1) is 0 Å². The Balaban J connectivity index is 1.73. The van der Waals surface area contributed by atoms with E-state index in [9.17, 15) is 5.26 Å². The van der Waals surface area contributed by atoms with Crippen LogP contribution in [0.1, 0.15) is 54.0 Å². The fourth-order valence-corrected chi connectivity index (χ4v) is 3.84. The Labute approximate surface area is 145 Å². The molecule has 2 aromatic rings. The molecule has 0 amide bonds. The van der Waals surface area contributed by atoms with E-state index < -0.39 is 0 Å². The number of nitrogens with zero attached hydrogens (tertiary/aromatic N) is 1. The van der Waals surface area contributed by atoms with Crippen LogP contribution < -0.4 is 0 Å². The van der Waals surface area contributed by atoms with Crippen LogP contribution >= 0.6 is 0 Å². The predicted molar refractivity (Wildman–Crippen MR) is 101 cm³/mol. The lowest BCUT2D eigenvalue weighted by Gasteiger charge is -2.27. The highest BCUT2D eigenvalue weighted by Crippen LogP contribution is 2.37. The van der Waals surface area contributed by atoms with Crippen LogP contribution in [0.3, 0.4) is 0 Å². The average molecular weight is 315 g/mol. The topological polar surface area (TPSA) is 23.8 Å². The molecule has 0 radical (unpaired) electrons. The normalized spacial score (nSPS) is 16.5. The van der Waals surface area contributed by atoms with E-state index in [1.807, 2.05) is 18.2 Å². The monoisotopic (exact) mass is 315 g/mol. The molecular formula is C23H25N. The second-order valence-electron chi connectivity index (χ2n) is 6.81. The highest BCUT2D eigenvalue weighted by Gasteiger charge is 2.21. The molecule has 1 aliphatic rings. The maximum absolute atomic E-state index is 9.21. The molecular weight excluding hydrogens is 290 g/mol. The molecule has 1 heteroatoms. The van der Waals surface area contributed by atoms with Gasteiger partial charge < -0.3 is 0 Å². The van der Waals surface area contributed by atoms with Crippen molar-refractivity contribution in [3.8, 4) is 6.07 Å². The molecule has 0 saturated carbocycles. The molecule has 1 atom stereocenters. The predicted octanol–water partition coefficient (Wildman–Crippen LogP) is 5.72. The summed E-state index contributed by atoms with van der Waals surface area (Å²) in [6, 6.07) is 17.1. The number of rotatable bonds is 5. The molecule has 1 unspecified atom stereocenters. The lowest BCUT2D eigenvalue weighted by Crippen LogP contribution is -2.13. The first-order chi connectivity index (χ1) is 11.7. The summed E-state index contributed by atoms with van der Waals surface area (Å²) in [6.45, 7) is 6.62. The third-order valence-electron chi connectivity index (χ3n) is 5.23. The van der Waals surface area contributed by atoms with E-state index in [2.05, 4.69) is 43.8 Å². The smallest absolute Gasteiger partial charge is 0.0994 e. The molecule has 2 aromatic carbocycles. The Morgan fingerprint density at radius 3 is 2.79 bits per heavy atom. The molecule has 0 aromatic heterocycles. The van der Waals surface area contributed by atoms with Gasteiger partial charge in [-0.05, 0) is 71.9 Å². The standard InChI is InChI=1S/C23H25N/c1-3-6-19-12-13-21-15-18(10-14-23(21)17(19)2)9-11-20-7-4-5-8-22(20)16-24/h4-5,7-8,10,14-15,19H,2-3,6,9,11-13H2,1H3. The van der Waals surface area contributed by atoms with E-state index in [1.54, 1.807) is 0 Å². The van der Waals surface area contributed by atoms with Crippen LogP contribution in [-0.4, -0.2) is 0 Å². The SMILES string of the molecule is C=C1c2ccc(CCc3ccccc3C#N)cc2CCC1CCC. The summed E-state index contributed by atoms with van der Waals surface area (Å²) in [5.41, 5.74) is 7.47. The maximum atomic E-state index is 9.21. The highest BCUT2D eigenvalue weighted by atomic mass is 14.3. The molecule has 0 saturated heterocycles. The van der Waals surface area contributed by atoms with Crippen molar-refractivity contribution in [2.45, 2.75) is 45.4 Å². The van der Waals surface area contributed by atoms with Gasteiger partial charge >= 0.3 is 0 Å². The molecule has 24 heavy (non-hydrogen) atoms. The molecule has 0 spiro atoms. The first-order valence-electron chi connectivity index (χ1n) is 9.02. The number of benzene rings is 2. The van der Waals surface area contributed by atoms with Gasteiger partial charge in [0.1, 0.15) is 0 Å². The second kappa shape index (κ2) is 7.49. The largest absolute Gasteiger partial charge is 0.192 e. The van der Waals surface area contributed by atoms with Gasteiger partial charge in [-0.1, -0.05) is 56.3 Å². The summed E-state index contributed by atoms with van der Waals surface area (Å²) in [6.07, 6.45) is 6.79. The molecule has 0 aliphatic heterocycles. The van der Waals surface area contributed by atoms with Crippen LogP contribution in [0.25, 0.3) is 5.57 Å². The van der Waals surface area contributed by atoms with Crippen LogP contribution in [0.4, 0.5) is 0 Å². The van der Waals surface area contributed by atoms with Crippen molar-refractivity contribution < 1.29 is 0 Å². The fraction of sp³-hybridized carbons (Fsp3) is 0.348. The lowest BCUT2D eigenvalue weighted by molar-refractivity contribution is 0.539. The van der Waals surface area contributed by atoms with Crippen LogP contribution in [0.5, 0.6) is 0 Å². The molecule has 0 fully saturated rings. The summed E-state index contributed by atoms with van der Waals surface area (Å²) in [5, 5.41) is 9.21. The maximum Gasteiger partial charge on any atom is 0.0994 e. The first-order valence-corrected chi connectivity index (χ1v) is 9.02. The van der Waals surface area contributed by atoms with E-state index in [1.165, 1.54) is 47.9 Å². The van der Waals surface area contributed by atoms with Crippen molar-refractivity contribution >= 4 is 5.57 Å². The van der Waals surface area contributed by atoms with E-state index in [4.69, 9.17) is 0 Å². The molecule has 0 heterocycles. The minimum atomic E-state index is 0.663. The van der Waals surface area contributed by atoms with Gasteiger partial charge in [0, 0.05) is 0 Å². The number of nitriles is 1. The van der Waals surface area contributed by atoms with Crippen LogP contribution in [-0.2, 0) is 19.3 Å². The second-order valence-corrected chi connectivity index (χ2v) is 6.81. The third-order valence-corrected chi connectivity index (χ3v) is 5.23. The summed E-state index contributed by atoms with van der Waals surface area (Å²) in [7, 11) is 0. The Bertz CT molecular complexity index is 779. The van der Waals surface area contributed by atoms with E-state index in [-0.39, 0.29) is 0 Å². The van der Waals surface area contributed by atoms with Gasteiger partial charge in [0.05, 0.1) is 11.6 Å². The first kappa shape index (κ1) is 16.5. The Morgan fingerprint density at radius 2 is 2.00 bits per heavy atom. The van der Waals surface area contributed by atoms with Crippen molar-refractivity contribution in [1.29, 1.82) is 5.26 Å². The van der Waals surface area contributed by atoms with Crippen molar-refractivity contribution in [3.63, 3.8) is 0 Å². The van der Waals surface area contributed by atoms with E-state index in [0.717, 1.165) is 24.0 Å². The van der Waals surface area contributed by atoms with Crippen molar-refractivity contribution in [2.75, 3.05) is 0 Å². The van der Waals surface area contributed by atoms with Gasteiger partial charge in [0.15, 0.2) is 0 Å². The number of hydrogen-bond acceptors (Lipinski definition) is 1. The summed E-state index contributed by atoms with van der Waals surface area (Å²) < 4.78 is 0. The molecule has 0 N–H and O–H groups in total. The van der Waals surface area contributed by atoms with Gasteiger partial charge in [-0.2, -0.15) is 5.26 Å². The van der Waals surface area contributed by atoms with Gasteiger partial charge in [-0.25, -0.2) is 0 Å². The number of aryl methyl sites for hydroxylation is 3. The number of hydrogen-bond donors (Lipinski definition) is 0. The lowest BCUT2D eigenvalue weighted by atomic mass is 9.77. The molecule has 1 aliphatic carbocycles. The van der Waals surface area contributed by atoms with Gasteiger partial charge in [0.2, 0.25) is 0 Å². The zero-order valence-electron chi connectivity index (χ0n) is 14.5.